The molecule has 0 aliphatic heterocycles. The Kier molecular flexibility index (Phi) is 37.5. The Labute approximate surface area is 374 Å². The quantitative estimate of drug-likeness (QED) is 0.0985. The van der Waals surface area contributed by atoms with Gasteiger partial charge in [-0.3, -0.25) is 0 Å². The fourth-order valence-electron chi connectivity index (χ4n) is 6.48. The molecule has 0 spiro atoms. The standard InChI is InChI=1S/3C14H28O2.2Dy/c3*1-6-12(14(4,5)16)10-8-7-9-11-13(2,3)15;;/h3*12H,6-11H2,1-5H3;;/q3*-2;2*+3. The number of rotatable bonds is 24. The van der Waals surface area contributed by atoms with Crippen LogP contribution in [0.4, 0.5) is 0 Å². The zero-order chi connectivity index (χ0) is 38.5. The average molecular weight is 1010 g/mol. The van der Waals surface area contributed by atoms with Crippen molar-refractivity contribution in [3.8, 4) is 0 Å². The molecular formula is C42H84Dy2O6. The van der Waals surface area contributed by atoms with Gasteiger partial charge >= 0.3 is 76.3 Å². The topological polar surface area (TPSA) is 138 Å². The second-order valence-corrected chi connectivity index (χ2v) is 18.2. The molecule has 0 aliphatic carbocycles. The van der Waals surface area contributed by atoms with Gasteiger partial charge in [0.15, 0.2) is 0 Å². The van der Waals surface area contributed by atoms with E-state index in [1.807, 2.05) is 0 Å². The summed E-state index contributed by atoms with van der Waals surface area (Å²) in [6, 6.07) is 0. The molecule has 0 amide bonds. The van der Waals surface area contributed by atoms with E-state index in [0.717, 1.165) is 116 Å². The molecule has 0 aromatic rings. The van der Waals surface area contributed by atoms with Crippen LogP contribution >= 0.6 is 0 Å². The van der Waals surface area contributed by atoms with Gasteiger partial charge in [0.05, 0.1) is 0 Å². The monoisotopic (exact) mass is 1010 g/mol. The molecule has 3 unspecified atom stereocenters. The van der Waals surface area contributed by atoms with E-state index in [1.165, 1.54) is 0 Å². The van der Waals surface area contributed by atoms with E-state index < -0.39 is 33.6 Å². The van der Waals surface area contributed by atoms with Gasteiger partial charge in [0.1, 0.15) is 0 Å². The molecule has 0 heterocycles. The molecule has 0 N–H and O–H groups in total. The van der Waals surface area contributed by atoms with Crippen LogP contribution in [0, 0.1) is 94.1 Å². The van der Waals surface area contributed by atoms with Crippen LogP contribution in [0.15, 0.2) is 0 Å². The van der Waals surface area contributed by atoms with Gasteiger partial charge in [-0.1, -0.05) is 237 Å². The second-order valence-electron chi connectivity index (χ2n) is 18.2. The largest absolute Gasteiger partial charge is 3.00 e. The Morgan fingerprint density at radius 2 is 0.500 bits per heavy atom. The van der Waals surface area contributed by atoms with Crippen LogP contribution in [0.5, 0.6) is 0 Å². The molecule has 0 rings (SSSR count). The summed E-state index contributed by atoms with van der Waals surface area (Å²) in [6.45, 7) is 27.4. The van der Waals surface area contributed by atoms with Gasteiger partial charge in [0.25, 0.3) is 0 Å². The predicted octanol–water partition coefficient (Wildman–Crippen LogP) is 6.72. The zero-order valence-electron chi connectivity index (χ0n) is 35.5. The molecule has 2 radical (unpaired) electrons. The van der Waals surface area contributed by atoms with Gasteiger partial charge in [-0.15, -0.1) is 33.6 Å². The number of hydrogen-bond donors (Lipinski definition) is 0. The fraction of sp³-hybridized carbons (Fsp3) is 1.00. The maximum Gasteiger partial charge on any atom is 3.00 e. The summed E-state index contributed by atoms with van der Waals surface area (Å²) in [5.41, 5.74) is -4.81. The van der Waals surface area contributed by atoms with Gasteiger partial charge in [-0.05, 0) is 0 Å². The Morgan fingerprint density at radius 1 is 0.320 bits per heavy atom. The van der Waals surface area contributed by atoms with Crippen molar-refractivity contribution >= 4 is 0 Å². The first kappa shape index (κ1) is 61.5. The predicted molar refractivity (Wildman–Crippen MR) is 195 cm³/mol. The molecule has 0 bridgehead atoms. The molecule has 50 heavy (non-hydrogen) atoms. The van der Waals surface area contributed by atoms with E-state index in [2.05, 4.69) is 20.8 Å². The molecule has 0 aliphatic rings. The van der Waals surface area contributed by atoms with Crippen LogP contribution in [-0.4, -0.2) is 33.6 Å². The van der Waals surface area contributed by atoms with E-state index in [0.29, 0.717) is 0 Å². The van der Waals surface area contributed by atoms with Gasteiger partial charge in [0, 0.05) is 0 Å². The molecule has 0 fully saturated rings. The molecular weight excluding hydrogens is 925 g/mol. The fourth-order valence-corrected chi connectivity index (χ4v) is 6.48. The molecule has 0 aromatic heterocycles. The summed E-state index contributed by atoms with van der Waals surface area (Å²) < 4.78 is 0. The summed E-state index contributed by atoms with van der Waals surface area (Å²) in [6.07, 6.45) is 17.6. The van der Waals surface area contributed by atoms with Crippen LogP contribution in [0.1, 0.15) is 219 Å². The Morgan fingerprint density at radius 3 is 0.620 bits per heavy atom. The smallest absolute Gasteiger partial charge is 0.850 e. The van der Waals surface area contributed by atoms with Crippen molar-refractivity contribution in [2.24, 2.45) is 17.8 Å². The van der Waals surface area contributed by atoms with E-state index in [4.69, 9.17) is 0 Å². The first-order valence-electron chi connectivity index (χ1n) is 19.7. The Balaban J connectivity index is -0.000000199. The van der Waals surface area contributed by atoms with Crippen LogP contribution < -0.4 is 30.6 Å². The second kappa shape index (κ2) is 30.4. The minimum absolute atomic E-state index is 0. The molecule has 3 atom stereocenters. The van der Waals surface area contributed by atoms with E-state index >= 15 is 0 Å². The first-order valence-corrected chi connectivity index (χ1v) is 19.7. The van der Waals surface area contributed by atoms with Crippen molar-refractivity contribution in [1.29, 1.82) is 0 Å². The summed E-state index contributed by atoms with van der Waals surface area (Å²) in [4.78, 5) is 0. The first-order chi connectivity index (χ1) is 21.5. The van der Waals surface area contributed by atoms with Crippen molar-refractivity contribution in [1.82, 2.24) is 0 Å². The Hall–Kier alpha value is 2.31. The third-order valence-electron chi connectivity index (χ3n) is 9.92. The third-order valence-corrected chi connectivity index (χ3v) is 9.92. The van der Waals surface area contributed by atoms with E-state index in [-0.39, 0.29) is 94.1 Å². The third kappa shape index (κ3) is 43.0. The van der Waals surface area contributed by atoms with Crippen LogP contribution in [-0.2, 0) is 0 Å². The van der Waals surface area contributed by atoms with Crippen molar-refractivity contribution < 1.29 is 107 Å². The van der Waals surface area contributed by atoms with Crippen molar-refractivity contribution in [3.63, 3.8) is 0 Å². The van der Waals surface area contributed by atoms with E-state index in [1.54, 1.807) is 83.1 Å². The van der Waals surface area contributed by atoms with Crippen LogP contribution in [0.2, 0.25) is 0 Å². The maximum atomic E-state index is 11.8. The van der Waals surface area contributed by atoms with Gasteiger partial charge in [-0.25, -0.2) is 0 Å². The summed E-state index contributed by atoms with van der Waals surface area (Å²) >= 11 is 0. The SMILES string of the molecule is CCC(CCCCCC(C)(C)[O-])C(C)(C)[O-].CCC(CCCCCC(C)(C)[O-])C(C)(C)[O-].CCC(CCCCCC(C)(C)[O-])C(C)(C)[O-].[Dy+3].[Dy+3]. The summed E-state index contributed by atoms with van der Waals surface area (Å²) in [5.74, 6) is 0.813. The molecule has 0 saturated carbocycles. The molecule has 8 heteroatoms. The van der Waals surface area contributed by atoms with Crippen LogP contribution in [0.25, 0.3) is 0 Å². The number of hydrogen-bond acceptors (Lipinski definition) is 6. The summed E-state index contributed by atoms with van der Waals surface area (Å²) in [7, 11) is 0. The van der Waals surface area contributed by atoms with Crippen LogP contribution in [0.3, 0.4) is 0 Å². The zero-order valence-corrected chi connectivity index (χ0v) is 39.6. The molecule has 0 saturated heterocycles. The van der Waals surface area contributed by atoms with Gasteiger partial charge < -0.3 is 30.6 Å². The molecule has 6 nitrogen and oxygen atoms in total. The maximum absolute atomic E-state index is 11.8. The summed E-state index contributed by atoms with van der Waals surface area (Å²) in [5, 5.41) is 69.5. The Bertz CT molecular complexity index is 634. The minimum atomic E-state index is -0.813. The molecule has 0 aromatic carbocycles. The van der Waals surface area contributed by atoms with E-state index in [9.17, 15) is 30.6 Å². The number of unbranched alkanes of at least 4 members (excludes halogenated alkanes) is 6. The minimum Gasteiger partial charge on any atom is -0.850 e. The van der Waals surface area contributed by atoms with Gasteiger partial charge in [0.2, 0.25) is 0 Å². The average Bonchev–Trinajstić information content (AvgIpc) is 2.87. The normalized spacial score (nSPS) is 14.6. The van der Waals surface area contributed by atoms with Crippen molar-refractivity contribution in [2.75, 3.05) is 0 Å². The van der Waals surface area contributed by atoms with Crippen molar-refractivity contribution in [3.05, 3.63) is 0 Å². The van der Waals surface area contributed by atoms with Gasteiger partial charge in [-0.2, -0.15) is 0 Å². The molecule has 308 valence electrons. The van der Waals surface area contributed by atoms with Crippen molar-refractivity contribution in [2.45, 2.75) is 253 Å².